The summed E-state index contributed by atoms with van der Waals surface area (Å²) in [5.41, 5.74) is 2.16. The number of benzene rings is 2. The number of carbonyl (C=O) groups excluding carboxylic acids is 2. The van der Waals surface area contributed by atoms with Crippen LogP contribution in [-0.4, -0.2) is 52.7 Å². The van der Waals surface area contributed by atoms with Gasteiger partial charge >= 0.3 is 0 Å². The molecule has 180 valence electrons. The molecule has 2 amide bonds. The molecule has 2 aromatic rings. The van der Waals surface area contributed by atoms with Gasteiger partial charge in [-0.2, -0.15) is 0 Å². The van der Waals surface area contributed by atoms with E-state index in [4.69, 9.17) is 0 Å². The van der Waals surface area contributed by atoms with Crippen LogP contribution in [-0.2, 0) is 9.59 Å². The van der Waals surface area contributed by atoms with Crippen molar-refractivity contribution in [1.29, 1.82) is 0 Å². The molecule has 7 nitrogen and oxygen atoms in total. The third-order valence-electron chi connectivity index (χ3n) is 7.00. The van der Waals surface area contributed by atoms with Crippen molar-refractivity contribution in [3.8, 4) is 11.8 Å². The summed E-state index contributed by atoms with van der Waals surface area (Å²) in [5.74, 6) is 5.53. The van der Waals surface area contributed by atoms with Gasteiger partial charge in [0.05, 0.1) is 4.92 Å². The van der Waals surface area contributed by atoms with Crippen molar-refractivity contribution in [2.75, 3.05) is 26.2 Å². The monoisotopic (exact) mass is 471 g/mol. The molecule has 0 radical (unpaired) electrons. The van der Waals surface area contributed by atoms with Crippen LogP contribution in [0.4, 0.5) is 5.69 Å². The van der Waals surface area contributed by atoms with E-state index in [0.717, 1.165) is 24.8 Å². The number of piperidine rings is 1. The largest absolute Gasteiger partial charge is 0.338 e. The molecule has 0 N–H and O–H groups in total. The van der Waals surface area contributed by atoms with Crippen LogP contribution in [0.25, 0.3) is 6.08 Å². The molecule has 35 heavy (non-hydrogen) atoms. The lowest BCUT2D eigenvalue weighted by atomic mass is 9.78. The van der Waals surface area contributed by atoms with Gasteiger partial charge in [0.15, 0.2) is 0 Å². The Labute approximate surface area is 205 Å². The Bertz CT molecular complexity index is 1200. The number of hydrogen-bond acceptors (Lipinski definition) is 4. The molecule has 0 aliphatic carbocycles. The quantitative estimate of drug-likeness (QED) is 0.288. The number of carbonyl (C=O) groups is 2. The van der Waals surface area contributed by atoms with Gasteiger partial charge in [-0.05, 0) is 54.9 Å². The van der Waals surface area contributed by atoms with Gasteiger partial charge in [-0.1, -0.05) is 43.2 Å². The highest BCUT2D eigenvalue weighted by atomic mass is 16.6. The van der Waals surface area contributed by atoms with E-state index >= 15 is 0 Å². The molecule has 0 atom stereocenters. The van der Waals surface area contributed by atoms with Crippen LogP contribution >= 0.6 is 0 Å². The van der Waals surface area contributed by atoms with E-state index in [1.807, 2.05) is 47.1 Å². The molecule has 0 unspecified atom stereocenters. The summed E-state index contributed by atoms with van der Waals surface area (Å²) in [7, 11) is 0. The molecule has 2 fully saturated rings. The standard InChI is InChI=1S/C28H29N3O4/c1-2-24(19-23-9-6-10-25(20-23)31(34)35)27(33)30-18-15-28(21-30)13-16-29(17-14-28)26(32)12-11-22-7-4-3-5-8-22/h3-10,19-20H,2,13-18,21H2,1H3. The second-order valence-electron chi connectivity index (χ2n) is 9.26. The maximum absolute atomic E-state index is 13.3. The summed E-state index contributed by atoms with van der Waals surface area (Å²) in [5, 5.41) is 11.1. The number of nitro groups is 1. The van der Waals surface area contributed by atoms with Crippen LogP contribution in [0.5, 0.6) is 0 Å². The van der Waals surface area contributed by atoms with Crippen molar-refractivity contribution in [2.24, 2.45) is 5.41 Å². The van der Waals surface area contributed by atoms with E-state index in [2.05, 4.69) is 11.8 Å². The molecule has 2 aliphatic rings. The van der Waals surface area contributed by atoms with Crippen LogP contribution in [0.15, 0.2) is 60.2 Å². The number of non-ortho nitro benzene ring substituents is 1. The second-order valence-corrected chi connectivity index (χ2v) is 9.26. The molecular weight excluding hydrogens is 442 g/mol. The smallest absolute Gasteiger partial charge is 0.298 e. The third-order valence-corrected chi connectivity index (χ3v) is 7.00. The first kappa shape index (κ1) is 24.2. The first-order valence-electron chi connectivity index (χ1n) is 12.0. The fraction of sp³-hybridized carbons (Fsp3) is 0.357. The average Bonchev–Trinajstić information content (AvgIpc) is 3.30. The van der Waals surface area contributed by atoms with Crippen LogP contribution in [0, 0.1) is 27.4 Å². The highest BCUT2D eigenvalue weighted by Gasteiger charge is 2.42. The molecule has 2 aliphatic heterocycles. The van der Waals surface area contributed by atoms with Crippen molar-refractivity contribution >= 4 is 23.6 Å². The Morgan fingerprint density at radius 2 is 1.71 bits per heavy atom. The van der Waals surface area contributed by atoms with Crippen molar-refractivity contribution in [2.45, 2.75) is 32.6 Å². The highest BCUT2D eigenvalue weighted by molar-refractivity contribution is 5.98. The third kappa shape index (κ3) is 5.78. The molecule has 1 spiro atoms. The number of nitrogens with zero attached hydrogens (tertiary/aromatic N) is 3. The Kier molecular flexibility index (Phi) is 7.31. The maximum atomic E-state index is 13.3. The summed E-state index contributed by atoms with van der Waals surface area (Å²) in [6, 6.07) is 15.8. The minimum atomic E-state index is -0.431. The molecule has 2 heterocycles. The van der Waals surface area contributed by atoms with Crippen LogP contribution < -0.4 is 0 Å². The minimum Gasteiger partial charge on any atom is -0.338 e. The molecule has 2 saturated heterocycles. The SMILES string of the molecule is CCC(=Cc1cccc([N+](=O)[O-])c1)C(=O)N1CCC2(CCN(C(=O)C#Cc3ccccc3)CC2)C1. The molecule has 7 heteroatoms. The zero-order valence-corrected chi connectivity index (χ0v) is 19.9. The van der Waals surface area contributed by atoms with E-state index in [1.165, 1.54) is 12.1 Å². The Balaban J connectivity index is 1.36. The lowest BCUT2D eigenvalue weighted by molar-refractivity contribution is -0.384. The Morgan fingerprint density at radius 1 is 1.03 bits per heavy atom. The van der Waals surface area contributed by atoms with Crippen LogP contribution in [0.1, 0.15) is 43.7 Å². The Morgan fingerprint density at radius 3 is 2.37 bits per heavy atom. The van der Waals surface area contributed by atoms with Gasteiger partial charge in [-0.15, -0.1) is 0 Å². The molecular formula is C28H29N3O4. The fourth-order valence-electron chi connectivity index (χ4n) is 4.87. The number of hydrogen-bond donors (Lipinski definition) is 0. The average molecular weight is 472 g/mol. The van der Waals surface area contributed by atoms with E-state index in [9.17, 15) is 19.7 Å². The summed E-state index contributed by atoms with van der Waals surface area (Å²) in [6.45, 7) is 4.58. The number of nitro benzene ring substituents is 1. The van der Waals surface area contributed by atoms with Gasteiger partial charge in [0.25, 0.3) is 11.6 Å². The van der Waals surface area contributed by atoms with E-state index in [0.29, 0.717) is 43.7 Å². The van der Waals surface area contributed by atoms with Gasteiger partial charge < -0.3 is 9.80 Å². The van der Waals surface area contributed by atoms with Crippen molar-refractivity contribution in [3.05, 3.63) is 81.4 Å². The first-order chi connectivity index (χ1) is 16.9. The second kappa shape index (κ2) is 10.6. The normalized spacial score (nSPS) is 17.1. The number of likely N-dealkylation sites (tertiary alicyclic amines) is 2. The number of rotatable bonds is 4. The van der Waals surface area contributed by atoms with Gasteiger partial charge in [0.1, 0.15) is 0 Å². The molecule has 0 saturated carbocycles. The van der Waals surface area contributed by atoms with Crippen LogP contribution in [0.3, 0.4) is 0 Å². The summed E-state index contributed by atoms with van der Waals surface area (Å²) < 4.78 is 0. The van der Waals surface area contributed by atoms with Gasteiger partial charge in [0.2, 0.25) is 5.91 Å². The van der Waals surface area contributed by atoms with Crippen molar-refractivity contribution < 1.29 is 14.5 Å². The predicted octanol–water partition coefficient (Wildman–Crippen LogP) is 4.28. The summed E-state index contributed by atoms with van der Waals surface area (Å²) >= 11 is 0. The Hall–Kier alpha value is -3.92. The zero-order valence-electron chi connectivity index (χ0n) is 19.9. The zero-order chi connectivity index (χ0) is 24.8. The first-order valence-corrected chi connectivity index (χ1v) is 12.0. The van der Waals surface area contributed by atoms with Gasteiger partial charge in [-0.25, -0.2) is 0 Å². The molecule has 2 aromatic carbocycles. The van der Waals surface area contributed by atoms with Gasteiger partial charge in [-0.3, -0.25) is 19.7 Å². The molecule has 0 aromatic heterocycles. The summed E-state index contributed by atoms with van der Waals surface area (Å²) in [6.07, 6.45) is 4.93. The lowest BCUT2D eigenvalue weighted by Gasteiger charge is -2.38. The topological polar surface area (TPSA) is 83.8 Å². The van der Waals surface area contributed by atoms with Crippen molar-refractivity contribution in [1.82, 2.24) is 9.80 Å². The molecule has 0 bridgehead atoms. The summed E-state index contributed by atoms with van der Waals surface area (Å²) in [4.78, 5) is 40.2. The number of amides is 2. The van der Waals surface area contributed by atoms with E-state index < -0.39 is 4.92 Å². The van der Waals surface area contributed by atoms with Crippen molar-refractivity contribution in [3.63, 3.8) is 0 Å². The van der Waals surface area contributed by atoms with Gasteiger partial charge in [0, 0.05) is 55.4 Å². The minimum absolute atomic E-state index is 0.0107. The van der Waals surface area contributed by atoms with E-state index in [-0.39, 0.29) is 22.9 Å². The highest BCUT2D eigenvalue weighted by Crippen LogP contribution is 2.41. The molecule has 4 rings (SSSR count). The maximum Gasteiger partial charge on any atom is 0.298 e. The fourth-order valence-corrected chi connectivity index (χ4v) is 4.87. The van der Waals surface area contributed by atoms with Crippen LogP contribution in [0.2, 0.25) is 0 Å². The lowest BCUT2D eigenvalue weighted by Crippen LogP contribution is -2.44. The predicted molar refractivity (Wildman–Crippen MR) is 134 cm³/mol. The van der Waals surface area contributed by atoms with E-state index in [1.54, 1.807) is 18.2 Å².